The van der Waals surface area contributed by atoms with E-state index >= 15 is 0 Å². The number of hydrogen-bond donors (Lipinski definition) is 1. The van der Waals surface area contributed by atoms with Crippen molar-refractivity contribution in [1.29, 1.82) is 0 Å². The smallest absolute Gasteiger partial charge is 0.286 e. The third kappa shape index (κ3) is 3.59. The van der Waals surface area contributed by atoms with E-state index in [9.17, 15) is 4.79 Å². The summed E-state index contributed by atoms with van der Waals surface area (Å²) in [7, 11) is 0. The summed E-state index contributed by atoms with van der Waals surface area (Å²) in [6, 6.07) is 11.2. The van der Waals surface area contributed by atoms with Gasteiger partial charge < -0.3 is 5.32 Å². The monoisotopic (exact) mass is 347 g/mol. The summed E-state index contributed by atoms with van der Waals surface area (Å²) < 4.78 is 0. The van der Waals surface area contributed by atoms with Gasteiger partial charge in [0.25, 0.3) is 5.91 Å². The molecule has 2 heterocycles. The van der Waals surface area contributed by atoms with Crippen LogP contribution in [-0.2, 0) is 0 Å². The van der Waals surface area contributed by atoms with Crippen LogP contribution in [0.1, 0.15) is 20.4 Å². The normalized spacial score (nSPS) is 11.4. The summed E-state index contributed by atoms with van der Waals surface area (Å²) in [6.07, 6.45) is 1.80. The van der Waals surface area contributed by atoms with Crippen molar-refractivity contribution in [2.24, 2.45) is 0 Å². The van der Waals surface area contributed by atoms with Crippen LogP contribution in [0.15, 0.2) is 47.2 Å². The predicted octanol–water partition coefficient (Wildman–Crippen LogP) is 4.59. The highest BCUT2D eigenvalue weighted by molar-refractivity contribution is 7.15. The zero-order chi connectivity index (χ0) is 15.4. The Morgan fingerprint density at radius 3 is 2.64 bits per heavy atom. The molecule has 0 spiro atoms. The molecular formula is C15H10ClN3OS2. The molecule has 0 radical (unpaired) electrons. The van der Waals surface area contributed by atoms with E-state index < -0.39 is 0 Å². The van der Waals surface area contributed by atoms with Crippen LogP contribution in [0, 0.1) is 0 Å². The molecule has 0 fully saturated rings. The van der Waals surface area contributed by atoms with E-state index in [1.54, 1.807) is 17.4 Å². The van der Waals surface area contributed by atoms with Crippen LogP contribution in [0.2, 0.25) is 0 Å². The minimum atomic E-state index is -0.296. The van der Waals surface area contributed by atoms with Crippen molar-refractivity contribution in [3.63, 3.8) is 0 Å². The molecule has 0 aliphatic heterocycles. The molecule has 110 valence electrons. The lowest BCUT2D eigenvalue weighted by Crippen LogP contribution is -2.11. The van der Waals surface area contributed by atoms with Crippen molar-refractivity contribution in [3.8, 4) is 0 Å². The number of nitrogens with one attached hydrogen (secondary N) is 1. The Balaban J connectivity index is 1.74. The van der Waals surface area contributed by atoms with Gasteiger partial charge in [-0.1, -0.05) is 41.1 Å². The average molecular weight is 348 g/mol. The van der Waals surface area contributed by atoms with E-state index in [0.29, 0.717) is 15.7 Å². The van der Waals surface area contributed by atoms with Crippen LogP contribution in [0.25, 0.3) is 11.1 Å². The van der Waals surface area contributed by atoms with Gasteiger partial charge in [-0.15, -0.1) is 10.2 Å². The number of thiophene rings is 1. The molecule has 1 N–H and O–H groups in total. The molecule has 0 aliphatic carbocycles. The largest absolute Gasteiger partial charge is 0.320 e. The number of aromatic nitrogens is 2. The lowest BCUT2D eigenvalue weighted by Gasteiger charge is -2.00. The molecule has 7 heteroatoms. The number of para-hydroxylation sites is 1. The first kappa shape index (κ1) is 14.9. The van der Waals surface area contributed by atoms with Crippen molar-refractivity contribution in [3.05, 3.63) is 62.7 Å². The number of benzene rings is 1. The van der Waals surface area contributed by atoms with E-state index in [-0.39, 0.29) is 10.9 Å². The molecule has 0 bridgehead atoms. The molecule has 2 aromatic heterocycles. The fourth-order valence-electron chi connectivity index (χ4n) is 1.68. The van der Waals surface area contributed by atoms with Gasteiger partial charge in [0.15, 0.2) is 5.01 Å². The molecular weight excluding hydrogens is 338 g/mol. The second-order valence-electron chi connectivity index (χ2n) is 4.28. The van der Waals surface area contributed by atoms with E-state index in [1.807, 2.05) is 47.2 Å². The topological polar surface area (TPSA) is 54.9 Å². The van der Waals surface area contributed by atoms with E-state index in [0.717, 1.165) is 16.9 Å². The number of halogens is 1. The highest BCUT2D eigenvalue weighted by Gasteiger charge is 2.14. The van der Waals surface area contributed by atoms with Crippen molar-refractivity contribution < 1.29 is 4.79 Å². The number of nitrogens with zero attached hydrogens (tertiary/aromatic N) is 2. The van der Waals surface area contributed by atoms with Crippen LogP contribution >= 0.6 is 34.3 Å². The maximum atomic E-state index is 12.1. The summed E-state index contributed by atoms with van der Waals surface area (Å²) >= 11 is 8.97. The molecule has 3 aromatic rings. The first-order valence-electron chi connectivity index (χ1n) is 6.32. The van der Waals surface area contributed by atoms with E-state index in [4.69, 9.17) is 11.6 Å². The average Bonchev–Trinajstić information content (AvgIpc) is 3.19. The fraction of sp³-hybridized carbons (Fsp3) is 0. The van der Waals surface area contributed by atoms with Crippen LogP contribution in [-0.4, -0.2) is 16.1 Å². The molecule has 1 aromatic carbocycles. The lowest BCUT2D eigenvalue weighted by molar-refractivity contribution is 0.102. The van der Waals surface area contributed by atoms with Crippen molar-refractivity contribution in [1.82, 2.24) is 10.2 Å². The van der Waals surface area contributed by atoms with Gasteiger partial charge in [0.2, 0.25) is 5.01 Å². The summed E-state index contributed by atoms with van der Waals surface area (Å²) in [6.45, 7) is 0. The number of carbonyl (C=O) groups excluding carboxylic acids is 1. The van der Waals surface area contributed by atoms with Gasteiger partial charge in [0, 0.05) is 5.69 Å². The fourth-order valence-corrected chi connectivity index (χ4v) is 3.23. The maximum absolute atomic E-state index is 12.1. The van der Waals surface area contributed by atoms with Gasteiger partial charge in [-0.2, -0.15) is 11.3 Å². The highest BCUT2D eigenvalue weighted by Crippen LogP contribution is 2.26. The van der Waals surface area contributed by atoms with Gasteiger partial charge in [-0.25, -0.2) is 0 Å². The number of hydrogen-bond acceptors (Lipinski definition) is 5. The third-order valence-corrected chi connectivity index (χ3v) is 4.75. The van der Waals surface area contributed by atoms with Crippen LogP contribution in [0.3, 0.4) is 0 Å². The molecule has 0 atom stereocenters. The minimum absolute atomic E-state index is 0.274. The Morgan fingerprint density at radius 1 is 1.14 bits per heavy atom. The Bertz CT molecular complexity index is 797. The molecule has 0 unspecified atom stereocenters. The van der Waals surface area contributed by atoms with Crippen molar-refractivity contribution in [2.75, 3.05) is 5.32 Å². The third-order valence-electron chi connectivity index (χ3n) is 2.69. The second-order valence-corrected chi connectivity index (χ2v) is 6.45. The SMILES string of the molecule is O=C(Nc1ccccc1)c1nnc(/C(Cl)=C\c2ccsc2)s1. The Morgan fingerprint density at radius 2 is 1.91 bits per heavy atom. The zero-order valence-electron chi connectivity index (χ0n) is 11.2. The van der Waals surface area contributed by atoms with Crippen LogP contribution < -0.4 is 5.32 Å². The van der Waals surface area contributed by atoms with E-state index in [2.05, 4.69) is 15.5 Å². The Hall–Kier alpha value is -2.02. The van der Waals surface area contributed by atoms with Crippen molar-refractivity contribution >= 4 is 57.0 Å². The van der Waals surface area contributed by atoms with E-state index in [1.165, 1.54) is 0 Å². The predicted molar refractivity (Wildman–Crippen MR) is 92.3 cm³/mol. The van der Waals surface area contributed by atoms with Gasteiger partial charge >= 0.3 is 0 Å². The number of rotatable bonds is 4. The molecule has 0 saturated heterocycles. The highest BCUT2D eigenvalue weighted by atomic mass is 35.5. The summed E-state index contributed by atoms with van der Waals surface area (Å²) in [5, 5.41) is 15.8. The first-order valence-corrected chi connectivity index (χ1v) is 8.46. The molecule has 4 nitrogen and oxygen atoms in total. The number of anilines is 1. The summed E-state index contributed by atoms with van der Waals surface area (Å²) in [5.74, 6) is -0.296. The quantitative estimate of drug-likeness (QED) is 0.751. The molecule has 0 aliphatic rings. The van der Waals surface area contributed by atoms with Gasteiger partial charge in [0.1, 0.15) is 0 Å². The van der Waals surface area contributed by atoms with Gasteiger partial charge in [-0.05, 0) is 40.6 Å². The van der Waals surface area contributed by atoms with Gasteiger partial charge in [0.05, 0.1) is 5.03 Å². The number of amides is 1. The Kier molecular flexibility index (Phi) is 4.62. The summed E-state index contributed by atoms with van der Waals surface area (Å²) in [5.41, 5.74) is 1.71. The van der Waals surface area contributed by atoms with Crippen molar-refractivity contribution in [2.45, 2.75) is 0 Å². The van der Waals surface area contributed by atoms with Gasteiger partial charge in [-0.3, -0.25) is 4.79 Å². The standard InChI is InChI=1S/C15H10ClN3OS2/c16-12(8-10-6-7-21-9-10)14-18-19-15(22-14)13(20)17-11-4-2-1-3-5-11/h1-9H,(H,17,20)/b12-8+. The van der Waals surface area contributed by atoms with Crippen LogP contribution in [0.5, 0.6) is 0 Å². The van der Waals surface area contributed by atoms with Crippen LogP contribution in [0.4, 0.5) is 5.69 Å². The first-order chi connectivity index (χ1) is 10.7. The molecule has 3 rings (SSSR count). The molecule has 0 saturated carbocycles. The number of carbonyl (C=O) groups is 1. The summed E-state index contributed by atoms with van der Waals surface area (Å²) in [4.78, 5) is 12.1. The Labute approximate surface area is 140 Å². The minimum Gasteiger partial charge on any atom is -0.320 e. The lowest BCUT2D eigenvalue weighted by atomic mass is 10.3. The second kappa shape index (κ2) is 6.83. The molecule has 22 heavy (non-hydrogen) atoms. The zero-order valence-corrected chi connectivity index (χ0v) is 13.6. The maximum Gasteiger partial charge on any atom is 0.286 e. The molecule has 1 amide bonds.